The Bertz CT molecular complexity index is 673. The number of nitrogens with zero attached hydrogens (tertiary/aromatic N) is 6. The van der Waals surface area contributed by atoms with Crippen LogP contribution in [0.3, 0.4) is 0 Å². The molecule has 24 heavy (non-hydrogen) atoms. The van der Waals surface area contributed by atoms with Crippen LogP contribution >= 0.6 is 0 Å². The lowest BCUT2D eigenvalue weighted by molar-refractivity contribution is 0.0289. The molecule has 7 nitrogen and oxygen atoms in total. The van der Waals surface area contributed by atoms with Crippen LogP contribution in [0.15, 0.2) is 12.4 Å². The maximum absolute atomic E-state index is 5.45. The molecule has 0 N–H and O–H groups in total. The maximum atomic E-state index is 5.45. The first-order chi connectivity index (χ1) is 11.8. The minimum Gasteiger partial charge on any atom is -0.379 e. The van der Waals surface area contributed by atoms with E-state index >= 15 is 0 Å². The van der Waals surface area contributed by atoms with Gasteiger partial charge in [0.05, 0.1) is 24.6 Å². The molecule has 2 saturated heterocycles. The van der Waals surface area contributed by atoms with Crippen molar-refractivity contribution in [1.29, 1.82) is 0 Å². The van der Waals surface area contributed by atoms with Crippen LogP contribution in [0.5, 0.6) is 0 Å². The van der Waals surface area contributed by atoms with Gasteiger partial charge in [0, 0.05) is 32.7 Å². The largest absolute Gasteiger partial charge is 0.379 e. The Morgan fingerprint density at radius 2 is 1.96 bits per heavy atom. The van der Waals surface area contributed by atoms with E-state index in [1.807, 2.05) is 4.52 Å². The van der Waals surface area contributed by atoms with Crippen molar-refractivity contribution in [3.8, 4) is 0 Å². The van der Waals surface area contributed by atoms with Gasteiger partial charge in [-0.05, 0) is 31.2 Å². The number of morpholine rings is 1. The van der Waals surface area contributed by atoms with Crippen LogP contribution in [-0.2, 0) is 11.2 Å². The molecule has 4 heterocycles. The summed E-state index contributed by atoms with van der Waals surface area (Å²) in [5, 5.41) is 12.8. The molecule has 2 aliphatic rings. The molecule has 0 atom stereocenters. The molecule has 7 heteroatoms. The van der Waals surface area contributed by atoms with Gasteiger partial charge in [-0.2, -0.15) is 9.61 Å². The van der Waals surface area contributed by atoms with Crippen molar-refractivity contribution in [3.05, 3.63) is 18.1 Å². The molecule has 2 aliphatic heterocycles. The summed E-state index contributed by atoms with van der Waals surface area (Å²) in [5.74, 6) is 0.792. The van der Waals surface area contributed by atoms with Gasteiger partial charge in [-0.15, -0.1) is 10.2 Å². The predicted octanol–water partition coefficient (Wildman–Crippen LogP) is 1.24. The van der Waals surface area contributed by atoms with Gasteiger partial charge >= 0.3 is 0 Å². The number of ether oxygens (including phenoxy) is 1. The van der Waals surface area contributed by atoms with Crippen molar-refractivity contribution >= 4 is 11.3 Å². The number of aryl methyl sites for hydroxylation is 1. The van der Waals surface area contributed by atoms with Crippen molar-refractivity contribution < 1.29 is 4.74 Å². The van der Waals surface area contributed by atoms with Crippen molar-refractivity contribution in [2.24, 2.45) is 5.92 Å². The van der Waals surface area contributed by atoms with Crippen LogP contribution in [0.25, 0.3) is 5.65 Å². The van der Waals surface area contributed by atoms with Crippen LogP contribution in [0.2, 0.25) is 0 Å². The summed E-state index contributed by atoms with van der Waals surface area (Å²) in [6, 6.07) is 2.19. The molecule has 4 rings (SSSR count). The van der Waals surface area contributed by atoms with Crippen LogP contribution in [0.4, 0.5) is 5.69 Å². The molecule has 2 fully saturated rings. The van der Waals surface area contributed by atoms with E-state index in [0.29, 0.717) is 0 Å². The SMILES string of the molecule is CCc1cc(N2CCC(CN3CCOCC3)CC2)c2nncn2n1. The molecule has 2 aromatic heterocycles. The van der Waals surface area contributed by atoms with Crippen LogP contribution in [-0.4, -0.2) is 70.6 Å². The van der Waals surface area contributed by atoms with Gasteiger partial charge in [-0.3, -0.25) is 4.90 Å². The van der Waals surface area contributed by atoms with E-state index in [2.05, 4.69) is 38.1 Å². The molecule has 0 bridgehead atoms. The highest BCUT2D eigenvalue weighted by atomic mass is 16.5. The van der Waals surface area contributed by atoms with Gasteiger partial charge in [-0.1, -0.05) is 6.92 Å². The lowest BCUT2D eigenvalue weighted by Gasteiger charge is -2.37. The number of fused-ring (bicyclic) bond motifs is 1. The highest BCUT2D eigenvalue weighted by Crippen LogP contribution is 2.27. The van der Waals surface area contributed by atoms with Gasteiger partial charge in [0.2, 0.25) is 5.65 Å². The second-order valence-corrected chi connectivity index (χ2v) is 6.82. The minimum absolute atomic E-state index is 0.792. The average Bonchev–Trinajstić information content (AvgIpc) is 3.11. The van der Waals surface area contributed by atoms with E-state index in [-0.39, 0.29) is 0 Å². The molecule has 0 aromatic carbocycles. The first kappa shape index (κ1) is 15.8. The number of aromatic nitrogens is 4. The van der Waals surface area contributed by atoms with Gasteiger partial charge in [0.15, 0.2) is 0 Å². The van der Waals surface area contributed by atoms with Crippen LogP contribution in [0.1, 0.15) is 25.5 Å². The summed E-state index contributed by atoms with van der Waals surface area (Å²) in [6.07, 6.45) is 5.10. The molecule has 0 radical (unpaired) electrons. The maximum Gasteiger partial charge on any atom is 0.200 e. The third-order valence-electron chi connectivity index (χ3n) is 5.24. The minimum atomic E-state index is 0.792. The van der Waals surface area contributed by atoms with E-state index in [1.165, 1.54) is 25.1 Å². The third-order valence-corrected chi connectivity index (χ3v) is 5.24. The van der Waals surface area contributed by atoms with E-state index in [9.17, 15) is 0 Å². The van der Waals surface area contributed by atoms with E-state index in [1.54, 1.807) is 6.33 Å². The number of hydrogen-bond acceptors (Lipinski definition) is 6. The third kappa shape index (κ3) is 3.23. The molecule has 0 unspecified atom stereocenters. The Morgan fingerprint density at radius 3 is 2.71 bits per heavy atom. The number of hydrogen-bond donors (Lipinski definition) is 0. The monoisotopic (exact) mass is 330 g/mol. The van der Waals surface area contributed by atoms with Crippen LogP contribution < -0.4 is 4.90 Å². The highest BCUT2D eigenvalue weighted by Gasteiger charge is 2.24. The topological polar surface area (TPSA) is 58.8 Å². The summed E-state index contributed by atoms with van der Waals surface area (Å²) >= 11 is 0. The molecule has 2 aromatic rings. The zero-order chi connectivity index (χ0) is 16.4. The molecule has 0 amide bonds. The van der Waals surface area contributed by atoms with Gasteiger partial charge in [-0.25, -0.2) is 0 Å². The second kappa shape index (κ2) is 7.03. The molecular formula is C17H26N6O. The number of piperidine rings is 1. The van der Waals surface area contributed by atoms with Gasteiger partial charge in [0.1, 0.15) is 6.33 Å². The first-order valence-corrected chi connectivity index (χ1v) is 9.08. The summed E-state index contributed by atoms with van der Waals surface area (Å²) in [5.41, 5.74) is 3.15. The Kier molecular flexibility index (Phi) is 4.62. The van der Waals surface area contributed by atoms with E-state index in [0.717, 1.165) is 63.1 Å². The summed E-state index contributed by atoms with van der Waals surface area (Å²) in [4.78, 5) is 5.02. The predicted molar refractivity (Wildman–Crippen MR) is 92.4 cm³/mol. The summed E-state index contributed by atoms with van der Waals surface area (Å²) < 4.78 is 7.26. The Hall–Kier alpha value is -1.73. The van der Waals surface area contributed by atoms with Crippen LogP contribution in [0, 0.1) is 5.92 Å². The molecular weight excluding hydrogens is 304 g/mol. The van der Waals surface area contributed by atoms with Crippen molar-refractivity contribution in [2.45, 2.75) is 26.2 Å². The Labute approximate surface area is 142 Å². The average molecular weight is 330 g/mol. The second-order valence-electron chi connectivity index (χ2n) is 6.82. The van der Waals surface area contributed by atoms with Gasteiger partial charge < -0.3 is 9.64 Å². The lowest BCUT2D eigenvalue weighted by Crippen LogP contribution is -2.43. The fraction of sp³-hybridized carbons (Fsp3) is 0.706. The van der Waals surface area contributed by atoms with Crippen molar-refractivity contribution in [3.63, 3.8) is 0 Å². The smallest absolute Gasteiger partial charge is 0.200 e. The van der Waals surface area contributed by atoms with Crippen molar-refractivity contribution in [1.82, 2.24) is 24.7 Å². The fourth-order valence-electron chi connectivity index (χ4n) is 3.77. The number of rotatable bonds is 4. The number of anilines is 1. The molecule has 0 saturated carbocycles. The first-order valence-electron chi connectivity index (χ1n) is 9.08. The summed E-state index contributed by atoms with van der Waals surface area (Å²) in [6.45, 7) is 9.48. The quantitative estimate of drug-likeness (QED) is 0.840. The zero-order valence-corrected chi connectivity index (χ0v) is 14.4. The highest BCUT2D eigenvalue weighted by molar-refractivity contribution is 5.68. The molecule has 0 aliphatic carbocycles. The standard InChI is InChI=1S/C17H26N6O/c1-2-15-11-16(17-19-18-13-23(17)20-15)22-5-3-14(4-6-22)12-21-7-9-24-10-8-21/h11,13-14H,2-10,12H2,1H3. The van der Waals surface area contributed by atoms with Gasteiger partial charge in [0.25, 0.3) is 0 Å². The molecule has 0 spiro atoms. The summed E-state index contributed by atoms with van der Waals surface area (Å²) in [7, 11) is 0. The fourth-order valence-corrected chi connectivity index (χ4v) is 3.77. The lowest BCUT2D eigenvalue weighted by atomic mass is 9.95. The molecule has 130 valence electrons. The Morgan fingerprint density at radius 1 is 1.17 bits per heavy atom. The normalized spacial score (nSPS) is 20.8. The van der Waals surface area contributed by atoms with Crippen molar-refractivity contribution in [2.75, 3.05) is 50.8 Å². The van der Waals surface area contributed by atoms with E-state index in [4.69, 9.17) is 4.74 Å². The zero-order valence-electron chi connectivity index (χ0n) is 14.4. The van der Waals surface area contributed by atoms with E-state index < -0.39 is 0 Å². The Balaban J connectivity index is 1.43.